The highest BCUT2D eigenvalue weighted by Gasteiger charge is 2.12. The van der Waals surface area contributed by atoms with Gasteiger partial charge in [-0.25, -0.2) is 5.43 Å². The maximum absolute atomic E-state index is 12.4. The molecule has 0 atom stereocenters. The zero-order valence-electron chi connectivity index (χ0n) is 17.5. The number of hydrazone groups is 1. The van der Waals surface area contributed by atoms with Crippen LogP contribution in [-0.4, -0.2) is 12.1 Å². The van der Waals surface area contributed by atoms with Gasteiger partial charge >= 0.3 is 5.91 Å². The largest absolute Gasteiger partial charge is 0.488 e. The molecule has 5 aromatic rings. The zero-order valence-corrected chi connectivity index (χ0v) is 18.3. The molecule has 0 bridgehead atoms. The summed E-state index contributed by atoms with van der Waals surface area (Å²) in [5.74, 6) is 0.375. The smallest absolute Gasteiger partial charge is 0.307 e. The first-order valence-electron chi connectivity index (χ1n) is 10.4. The number of carbonyl (C=O) groups is 1. The monoisotopic (exact) mass is 454 g/mol. The number of carbonyl (C=O) groups excluding carboxylic acids is 1. The summed E-state index contributed by atoms with van der Waals surface area (Å²) in [7, 11) is 0. The Labute approximate surface area is 195 Å². The van der Waals surface area contributed by atoms with E-state index in [2.05, 4.69) is 40.9 Å². The number of rotatable bonds is 6. The van der Waals surface area contributed by atoms with Crippen LogP contribution in [0, 0.1) is 0 Å². The van der Waals surface area contributed by atoms with Gasteiger partial charge < -0.3 is 9.15 Å². The molecule has 1 aromatic heterocycles. The lowest BCUT2D eigenvalue weighted by Crippen LogP contribution is -2.16. The lowest BCUT2D eigenvalue weighted by atomic mass is 10.1. The van der Waals surface area contributed by atoms with Crippen molar-refractivity contribution in [3.8, 4) is 5.75 Å². The fourth-order valence-electron chi connectivity index (χ4n) is 3.55. The molecule has 1 N–H and O–H groups in total. The van der Waals surface area contributed by atoms with Gasteiger partial charge in [0.2, 0.25) is 0 Å². The lowest BCUT2D eigenvalue weighted by molar-refractivity contribution is 0.0929. The number of hydrogen-bond donors (Lipinski definition) is 1. The molecular weight excluding hydrogens is 436 g/mol. The van der Waals surface area contributed by atoms with E-state index in [9.17, 15) is 4.79 Å². The van der Waals surface area contributed by atoms with Crippen molar-refractivity contribution in [2.24, 2.45) is 5.10 Å². The molecule has 0 aliphatic carbocycles. The first-order valence-corrected chi connectivity index (χ1v) is 10.8. The van der Waals surface area contributed by atoms with Gasteiger partial charge in [0.15, 0.2) is 5.76 Å². The summed E-state index contributed by atoms with van der Waals surface area (Å²) in [6, 6.07) is 28.8. The second kappa shape index (κ2) is 9.18. The number of fused-ring (bicyclic) bond motifs is 2. The second-order valence-electron chi connectivity index (χ2n) is 7.50. The van der Waals surface area contributed by atoms with Crippen molar-refractivity contribution in [1.29, 1.82) is 0 Å². The summed E-state index contributed by atoms with van der Waals surface area (Å²) in [4.78, 5) is 12.4. The summed E-state index contributed by atoms with van der Waals surface area (Å²) in [5, 5.41) is 7.76. The number of nitrogens with zero attached hydrogens (tertiary/aromatic N) is 1. The Morgan fingerprint density at radius 1 is 0.909 bits per heavy atom. The Morgan fingerprint density at radius 2 is 1.73 bits per heavy atom. The molecule has 6 heteroatoms. The van der Waals surface area contributed by atoms with Crippen molar-refractivity contribution >= 4 is 45.5 Å². The van der Waals surface area contributed by atoms with Crippen LogP contribution in [0.5, 0.6) is 5.75 Å². The fraction of sp³-hybridized carbons (Fsp3) is 0.0370. The predicted molar refractivity (Wildman–Crippen MR) is 131 cm³/mol. The number of ether oxygens (including phenoxy) is 1. The maximum atomic E-state index is 12.4. The maximum Gasteiger partial charge on any atom is 0.307 e. The highest BCUT2D eigenvalue weighted by atomic mass is 35.5. The summed E-state index contributed by atoms with van der Waals surface area (Å²) in [5.41, 5.74) is 4.89. The highest BCUT2D eigenvalue weighted by molar-refractivity contribution is 6.31. The Bertz CT molecular complexity index is 1490. The SMILES string of the molecule is O=C(N/N=C/c1ccccc1OCc1ccc2ccccc2c1)c1cc2cc(Cl)ccc2o1. The van der Waals surface area contributed by atoms with Gasteiger partial charge in [-0.15, -0.1) is 0 Å². The van der Waals surface area contributed by atoms with Crippen LogP contribution in [0.3, 0.4) is 0 Å². The zero-order chi connectivity index (χ0) is 22.6. The van der Waals surface area contributed by atoms with Gasteiger partial charge in [-0.3, -0.25) is 4.79 Å². The molecule has 162 valence electrons. The first kappa shape index (κ1) is 20.8. The van der Waals surface area contributed by atoms with E-state index in [1.54, 1.807) is 30.5 Å². The quantitative estimate of drug-likeness (QED) is 0.233. The minimum absolute atomic E-state index is 0.158. The Hall–Kier alpha value is -4.09. The average molecular weight is 455 g/mol. The topological polar surface area (TPSA) is 63.8 Å². The van der Waals surface area contributed by atoms with E-state index in [-0.39, 0.29) is 5.76 Å². The summed E-state index contributed by atoms with van der Waals surface area (Å²) in [6.07, 6.45) is 1.55. The third kappa shape index (κ3) is 4.73. The van der Waals surface area contributed by atoms with Gasteiger partial charge in [0.25, 0.3) is 0 Å². The minimum Gasteiger partial charge on any atom is -0.488 e. The van der Waals surface area contributed by atoms with Crippen LogP contribution in [-0.2, 0) is 6.61 Å². The number of hydrogen-bond acceptors (Lipinski definition) is 4. The van der Waals surface area contributed by atoms with E-state index >= 15 is 0 Å². The molecule has 1 heterocycles. The third-order valence-corrected chi connectivity index (χ3v) is 5.43. The van der Waals surface area contributed by atoms with Crippen LogP contribution in [0.25, 0.3) is 21.7 Å². The van der Waals surface area contributed by atoms with Crippen molar-refractivity contribution in [2.45, 2.75) is 6.61 Å². The van der Waals surface area contributed by atoms with Crippen LogP contribution < -0.4 is 10.2 Å². The summed E-state index contributed by atoms with van der Waals surface area (Å²) >= 11 is 5.99. The molecule has 1 amide bonds. The third-order valence-electron chi connectivity index (χ3n) is 5.20. The molecule has 0 spiro atoms. The van der Waals surface area contributed by atoms with Gasteiger partial charge in [-0.05, 0) is 58.8 Å². The summed E-state index contributed by atoms with van der Waals surface area (Å²) in [6.45, 7) is 0.420. The molecule has 0 fully saturated rings. The number of benzene rings is 4. The van der Waals surface area contributed by atoms with Gasteiger partial charge in [-0.2, -0.15) is 5.10 Å². The predicted octanol–water partition coefficient (Wildman–Crippen LogP) is 6.58. The summed E-state index contributed by atoms with van der Waals surface area (Å²) < 4.78 is 11.6. The van der Waals surface area contributed by atoms with Crippen LogP contribution in [0.15, 0.2) is 101 Å². The fourth-order valence-corrected chi connectivity index (χ4v) is 3.73. The molecular formula is C27H19ClN2O3. The average Bonchev–Trinajstić information content (AvgIpc) is 3.26. The number of amides is 1. The Balaban J connectivity index is 1.26. The van der Waals surface area contributed by atoms with Crippen molar-refractivity contribution in [3.05, 3.63) is 113 Å². The van der Waals surface area contributed by atoms with Crippen molar-refractivity contribution < 1.29 is 13.9 Å². The van der Waals surface area contributed by atoms with Gasteiger partial charge in [0, 0.05) is 16.0 Å². The molecule has 4 aromatic carbocycles. The molecule has 0 aliphatic heterocycles. The van der Waals surface area contributed by atoms with E-state index in [1.165, 1.54) is 10.8 Å². The van der Waals surface area contributed by atoms with Gasteiger partial charge in [0.05, 0.1) is 6.21 Å². The van der Waals surface area contributed by atoms with Crippen LogP contribution in [0.4, 0.5) is 0 Å². The molecule has 0 radical (unpaired) electrons. The Kier molecular flexibility index (Phi) is 5.79. The minimum atomic E-state index is -0.451. The molecule has 5 nitrogen and oxygen atoms in total. The highest BCUT2D eigenvalue weighted by Crippen LogP contribution is 2.23. The molecule has 0 unspecified atom stereocenters. The molecule has 0 saturated heterocycles. The lowest BCUT2D eigenvalue weighted by Gasteiger charge is -2.10. The van der Waals surface area contributed by atoms with Crippen LogP contribution in [0.1, 0.15) is 21.7 Å². The molecule has 33 heavy (non-hydrogen) atoms. The number of nitrogens with one attached hydrogen (secondary N) is 1. The molecule has 0 saturated carbocycles. The number of furan rings is 1. The van der Waals surface area contributed by atoms with E-state index in [4.69, 9.17) is 20.8 Å². The van der Waals surface area contributed by atoms with E-state index in [1.807, 2.05) is 36.4 Å². The second-order valence-corrected chi connectivity index (χ2v) is 7.94. The van der Waals surface area contributed by atoms with Crippen molar-refractivity contribution in [2.75, 3.05) is 0 Å². The number of halogens is 1. The molecule has 0 aliphatic rings. The normalized spacial score (nSPS) is 11.3. The van der Waals surface area contributed by atoms with E-state index < -0.39 is 5.91 Å². The van der Waals surface area contributed by atoms with Gasteiger partial charge in [0.1, 0.15) is 17.9 Å². The first-order chi connectivity index (χ1) is 16.2. The van der Waals surface area contributed by atoms with Crippen molar-refractivity contribution in [1.82, 2.24) is 5.43 Å². The van der Waals surface area contributed by atoms with Gasteiger partial charge in [-0.1, -0.05) is 60.1 Å². The number of para-hydroxylation sites is 1. The van der Waals surface area contributed by atoms with Crippen LogP contribution >= 0.6 is 11.6 Å². The van der Waals surface area contributed by atoms with E-state index in [0.717, 1.165) is 16.5 Å². The van der Waals surface area contributed by atoms with Crippen molar-refractivity contribution in [3.63, 3.8) is 0 Å². The molecule has 5 rings (SSSR count). The van der Waals surface area contributed by atoms with E-state index in [0.29, 0.717) is 23.0 Å². The van der Waals surface area contributed by atoms with Crippen LogP contribution in [0.2, 0.25) is 5.02 Å². The standard InChI is InChI=1S/C27H19ClN2O3/c28-23-11-12-25-22(14-23)15-26(33-25)27(31)30-29-16-21-7-3-4-8-24(21)32-17-18-9-10-19-5-1-2-6-20(19)13-18/h1-16H,17H2,(H,30,31)/b29-16+. The Morgan fingerprint density at radius 3 is 2.64 bits per heavy atom.